The van der Waals surface area contributed by atoms with Gasteiger partial charge in [0.2, 0.25) is 0 Å². The number of rotatable bonds is 5. The van der Waals surface area contributed by atoms with Gasteiger partial charge in [0, 0.05) is 43.9 Å². The number of hydrogen-bond donors (Lipinski definition) is 0. The summed E-state index contributed by atoms with van der Waals surface area (Å²) in [4.78, 5) is 21.2. The van der Waals surface area contributed by atoms with Crippen molar-refractivity contribution >= 4 is 17.6 Å². The van der Waals surface area contributed by atoms with E-state index >= 15 is 0 Å². The number of carbonyl (C=O) groups is 1. The van der Waals surface area contributed by atoms with Crippen LogP contribution in [0.3, 0.4) is 0 Å². The predicted molar refractivity (Wildman–Crippen MR) is 133 cm³/mol. The van der Waals surface area contributed by atoms with Gasteiger partial charge in [0.15, 0.2) is 5.82 Å². The summed E-state index contributed by atoms with van der Waals surface area (Å²) in [5, 5.41) is 9.45. The Kier molecular flexibility index (Phi) is 6.18. The number of fused-ring (bicyclic) bond motifs is 1. The van der Waals surface area contributed by atoms with Crippen LogP contribution in [0.25, 0.3) is 0 Å². The van der Waals surface area contributed by atoms with Crippen LogP contribution in [0, 0.1) is 6.92 Å². The summed E-state index contributed by atoms with van der Waals surface area (Å²) in [5.74, 6) is 1.60. The zero-order valence-electron chi connectivity index (χ0n) is 20.1. The second-order valence-corrected chi connectivity index (χ2v) is 9.28. The number of pyridine rings is 1. The van der Waals surface area contributed by atoms with Gasteiger partial charge in [-0.15, -0.1) is 5.10 Å². The molecule has 7 heteroatoms. The number of ether oxygens (including phenoxy) is 1. The SMILES string of the molecule is COC(=O)c1cnc(N2CCN(c3nnc(Cc4ccccc4)c4c3CCC4)C[C@H]2C)cc1C. The van der Waals surface area contributed by atoms with Crippen LogP contribution in [0.5, 0.6) is 0 Å². The van der Waals surface area contributed by atoms with E-state index in [0.29, 0.717) is 5.56 Å². The highest BCUT2D eigenvalue weighted by Crippen LogP contribution is 2.33. The molecule has 3 aromatic rings. The third kappa shape index (κ3) is 4.22. The molecule has 1 fully saturated rings. The molecule has 0 spiro atoms. The van der Waals surface area contributed by atoms with Crippen LogP contribution in [0.15, 0.2) is 42.6 Å². The summed E-state index contributed by atoms with van der Waals surface area (Å²) in [7, 11) is 1.39. The first kappa shape index (κ1) is 22.3. The third-order valence-corrected chi connectivity index (χ3v) is 7.04. The molecule has 2 aliphatic rings. The van der Waals surface area contributed by atoms with Gasteiger partial charge >= 0.3 is 5.97 Å². The van der Waals surface area contributed by atoms with E-state index in [9.17, 15) is 4.79 Å². The standard InChI is InChI=1S/C27H31N5O2/c1-18-14-25(28-16-23(18)27(33)34-3)32-13-12-31(17-19(32)2)26-22-11-7-10-21(22)24(29-30-26)15-20-8-5-4-6-9-20/h4-6,8-9,14,16,19H,7,10-13,15,17H2,1-3H3/t19-/m1/s1. The monoisotopic (exact) mass is 457 g/mol. The molecule has 1 aromatic carbocycles. The van der Waals surface area contributed by atoms with Crippen molar-refractivity contribution in [3.63, 3.8) is 0 Å². The van der Waals surface area contributed by atoms with Gasteiger partial charge in [-0.2, -0.15) is 5.10 Å². The van der Waals surface area contributed by atoms with Crippen LogP contribution in [-0.4, -0.2) is 53.9 Å². The molecule has 0 saturated carbocycles. The van der Waals surface area contributed by atoms with Crippen molar-refractivity contribution in [1.29, 1.82) is 0 Å². The van der Waals surface area contributed by atoms with Crippen LogP contribution >= 0.6 is 0 Å². The van der Waals surface area contributed by atoms with Gasteiger partial charge in [0.25, 0.3) is 0 Å². The molecule has 1 aliphatic heterocycles. The van der Waals surface area contributed by atoms with E-state index in [2.05, 4.69) is 46.0 Å². The quantitative estimate of drug-likeness (QED) is 0.540. The van der Waals surface area contributed by atoms with E-state index in [1.165, 1.54) is 30.2 Å². The molecule has 34 heavy (non-hydrogen) atoms. The van der Waals surface area contributed by atoms with E-state index in [1.54, 1.807) is 6.20 Å². The Morgan fingerprint density at radius 1 is 1.12 bits per heavy atom. The summed E-state index contributed by atoms with van der Waals surface area (Å²) in [6, 6.07) is 12.8. The number of methoxy groups -OCH3 is 1. The number of esters is 1. The van der Waals surface area contributed by atoms with Gasteiger partial charge in [0.1, 0.15) is 5.82 Å². The van der Waals surface area contributed by atoms with Crippen LogP contribution < -0.4 is 9.80 Å². The van der Waals surface area contributed by atoms with Crippen molar-refractivity contribution in [1.82, 2.24) is 15.2 Å². The average molecular weight is 458 g/mol. The molecule has 1 aliphatic carbocycles. The molecule has 0 unspecified atom stereocenters. The van der Waals surface area contributed by atoms with Gasteiger partial charge in [0.05, 0.1) is 18.4 Å². The van der Waals surface area contributed by atoms with Crippen molar-refractivity contribution in [2.45, 2.75) is 45.6 Å². The normalized spacial score (nSPS) is 17.6. The molecule has 0 amide bonds. The lowest BCUT2D eigenvalue weighted by molar-refractivity contribution is 0.0599. The van der Waals surface area contributed by atoms with E-state index in [1.807, 2.05) is 19.1 Å². The lowest BCUT2D eigenvalue weighted by Crippen LogP contribution is -2.53. The van der Waals surface area contributed by atoms with E-state index in [-0.39, 0.29) is 12.0 Å². The Morgan fingerprint density at radius 3 is 2.65 bits per heavy atom. The molecule has 1 atom stereocenters. The Bertz CT molecular complexity index is 1200. The molecule has 7 nitrogen and oxygen atoms in total. The molecule has 0 bridgehead atoms. The molecule has 5 rings (SSSR count). The molecule has 3 heterocycles. The number of hydrogen-bond acceptors (Lipinski definition) is 7. The number of aryl methyl sites for hydroxylation is 1. The number of carbonyl (C=O) groups excluding carboxylic acids is 1. The molecule has 1 saturated heterocycles. The molecule has 0 N–H and O–H groups in total. The Balaban J connectivity index is 1.34. The smallest absolute Gasteiger partial charge is 0.339 e. The highest BCUT2D eigenvalue weighted by molar-refractivity contribution is 5.90. The number of piperazine rings is 1. The first-order valence-electron chi connectivity index (χ1n) is 12.0. The molecular weight excluding hydrogens is 426 g/mol. The van der Waals surface area contributed by atoms with Crippen molar-refractivity contribution in [3.05, 3.63) is 76.1 Å². The summed E-state index contributed by atoms with van der Waals surface area (Å²) in [5.41, 5.74) is 6.59. The van der Waals surface area contributed by atoms with E-state index in [4.69, 9.17) is 14.9 Å². The second-order valence-electron chi connectivity index (χ2n) is 9.28. The van der Waals surface area contributed by atoms with Gasteiger partial charge in [-0.05, 0) is 55.9 Å². The predicted octanol–water partition coefficient (Wildman–Crippen LogP) is 3.76. The maximum atomic E-state index is 11.9. The van der Waals surface area contributed by atoms with Crippen molar-refractivity contribution in [2.24, 2.45) is 0 Å². The minimum absolute atomic E-state index is 0.257. The molecule has 2 aromatic heterocycles. The first-order valence-corrected chi connectivity index (χ1v) is 12.0. The topological polar surface area (TPSA) is 71.5 Å². The maximum absolute atomic E-state index is 11.9. The Hall–Kier alpha value is -3.48. The second kappa shape index (κ2) is 9.41. The largest absolute Gasteiger partial charge is 0.465 e. The van der Waals surface area contributed by atoms with Crippen LogP contribution in [-0.2, 0) is 24.0 Å². The van der Waals surface area contributed by atoms with Gasteiger partial charge in [-0.25, -0.2) is 9.78 Å². The number of anilines is 2. The fraction of sp³-hybridized carbons (Fsp3) is 0.407. The van der Waals surface area contributed by atoms with E-state index in [0.717, 1.165) is 61.8 Å². The Morgan fingerprint density at radius 2 is 1.91 bits per heavy atom. The summed E-state index contributed by atoms with van der Waals surface area (Å²) in [6.45, 7) is 6.71. The van der Waals surface area contributed by atoms with Gasteiger partial charge in [-0.1, -0.05) is 30.3 Å². The van der Waals surface area contributed by atoms with Crippen LogP contribution in [0.4, 0.5) is 11.6 Å². The van der Waals surface area contributed by atoms with Gasteiger partial charge < -0.3 is 14.5 Å². The number of nitrogens with zero attached hydrogens (tertiary/aromatic N) is 5. The lowest BCUT2D eigenvalue weighted by atomic mass is 10.0. The van der Waals surface area contributed by atoms with Crippen molar-refractivity contribution < 1.29 is 9.53 Å². The van der Waals surface area contributed by atoms with Crippen molar-refractivity contribution in [2.75, 3.05) is 36.5 Å². The highest BCUT2D eigenvalue weighted by atomic mass is 16.5. The molecule has 176 valence electrons. The highest BCUT2D eigenvalue weighted by Gasteiger charge is 2.30. The van der Waals surface area contributed by atoms with Crippen LogP contribution in [0.2, 0.25) is 0 Å². The summed E-state index contributed by atoms with van der Waals surface area (Å²) < 4.78 is 4.85. The van der Waals surface area contributed by atoms with Gasteiger partial charge in [-0.3, -0.25) is 0 Å². The fourth-order valence-electron chi connectivity index (χ4n) is 5.23. The lowest BCUT2D eigenvalue weighted by Gasteiger charge is -2.41. The third-order valence-electron chi connectivity index (χ3n) is 7.04. The zero-order chi connectivity index (χ0) is 23.7. The number of aromatic nitrogens is 3. The minimum Gasteiger partial charge on any atom is -0.465 e. The zero-order valence-corrected chi connectivity index (χ0v) is 20.1. The minimum atomic E-state index is -0.349. The fourth-order valence-corrected chi connectivity index (χ4v) is 5.23. The van der Waals surface area contributed by atoms with E-state index < -0.39 is 0 Å². The maximum Gasteiger partial charge on any atom is 0.339 e. The Labute approximate surface area is 200 Å². The summed E-state index contributed by atoms with van der Waals surface area (Å²) in [6.07, 6.45) is 5.80. The van der Waals surface area contributed by atoms with Crippen LogP contribution in [0.1, 0.15) is 51.7 Å². The average Bonchev–Trinajstić information content (AvgIpc) is 3.35. The van der Waals surface area contributed by atoms with Crippen molar-refractivity contribution in [3.8, 4) is 0 Å². The first-order chi connectivity index (χ1) is 16.5. The molecular formula is C27H31N5O2. The molecule has 0 radical (unpaired) electrons. The summed E-state index contributed by atoms with van der Waals surface area (Å²) >= 11 is 0. The number of benzene rings is 1.